The first-order valence-corrected chi connectivity index (χ1v) is 9.56. The van der Waals surface area contributed by atoms with Crippen LogP contribution in [0.4, 0.5) is 9.59 Å². The number of hydrogen-bond acceptors (Lipinski definition) is 5. The molecule has 7 heteroatoms. The quantitative estimate of drug-likeness (QED) is 0.781. The highest BCUT2D eigenvalue weighted by molar-refractivity contribution is 5.81. The van der Waals surface area contributed by atoms with E-state index in [1.165, 1.54) is 0 Å². The molecule has 1 aliphatic carbocycles. The SMILES string of the molecule is O=C1CC[C@H](NC(=O)OCc2ccccc2)[C@@H](NC(=O)OCc2ccccc2)C1. The second-order valence-corrected chi connectivity index (χ2v) is 6.91. The van der Waals surface area contributed by atoms with E-state index in [9.17, 15) is 14.4 Å². The number of nitrogens with one attached hydrogen (secondary N) is 2. The Bertz CT molecular complexity index is 826. The van der Waals surface area contributed by atoms with Gasteiger partial charge < -0.3 is 20.1 Å². The molecule has 3 rings (SSSR count). The maximum Gasteiger partial charge on any atom is 0.407 e. The maximum absolute atomic E-state index is 12.1. The van der Waals surface area contributed by atoms with Gasteiger partial charge in [0.25, 0.3) is 0 Å². The molecule has 152 valence electrons. The summed E-state index contributed by atoms with van der Waals surface area (Å²) in [7, 11) is 0. The molecule has 1 fully saturated rings. The van der Waals surface area contributed by atoms with Gasteiger partial charge >= 0.3 is 12.2 Å². The zero-order valence-corrected chi connectivity index (χ0v) is 16.0. The Hall–Kier alpha value is -3.35. The molecule has 0 unspecified atom stereocenters. The van der Waals surface area contributed by atoms with Gasteiger partial charge in [0, 0.05) is 12.8 Å². The van der Waals surface area contributed by atoms with Crippen LogP contribution in [0.1, 0.15) is 30.4 Å². The average molecular weight is 396 g/mol. The smallest absolute Gasteiger partial charge is 0.407 e. The van der Waals surface area contributed by atoms with E-state index < -0.39 is 24.3 Å². The molecule has 2 N–H and O–H groups in total. The second-order valence-electron chi connectivity index (χ2n) is 6.91. The lowest BCUT2D eigenvalue weighted by Crippen LogP contribution is -2.54. The zero-order chi connectivity index (χ0) is 20.5. The molecule has 0 aromatic heterocycles. The number of carbonyl (C=O) groups excluding carboxylic acids is 3. The maximum atomic E-state index is 12.1. The molecule has 1 aliphatic rings. The van der Waals surface area contributed by atoms with E-state index in [-0.39, 0.29) is 25.4 Å². The Morgan fingerprint density at radius 3 is 1.79 bits per heavy atom. The van der Waals surface area contributed by atoms with Crippen molar-refractivity contribution in [3.05, 3.63) is 71.8 Å². The molecular weight excluding hydrogens is 372 g/mol. The lowest BCUT2D eigenvalue weighted by atomic mass is 9.89. The van der Waals surface area contributed by atoms with E-state index in [1.54, 1.807) is 0 Å². The number of hydrogen-bond donors (Lipinski definition) is 2. The van der Waals surface area contributed by atoms with Crippen LogP contribution in [0.15, 0.2) is 60.7 Å². The van der Waals surface area contributed by atoms with E-state index in [1.807, 2.05) is 60.7 Å². The largest absolute Gasteiger partial charge is 0.445 e. The van der Waals surface area contributed by atoms with Gasteiger partial charge in [0.1, 0.15) is 19.0 Å². The third-order valence-electron chi connectivity index (χ3n) is 4.70. The number of alkyl carbamates (subject to hydrolysis) is 2. The third-order valence-corrected chi connectivity index (χ3v) is 4.70. The van der Waals surface area contributed by atoms with Crippen molar-refractivity contribution in [3.8, 4) is 0 Å². The molecular formula is C22H24N2O5. The van der Waals surface area contributed by atoms with Gasteiger partial charge in [-0.05, 0) is 17.5 Å². The number of benzene rings is 2. The monoisotopic (exact) mass is 396 g/mol. The van der Waals surface area contributed by atoms with Gasteiger partial charge in [0.15, 0.2) is 0 Å². The summed E-state index contributed by atoms with van der Waals surface area (Å²) in [6.07, 6.45) is -0.288. The highest BCUT2D eigenvalue weighted by Gasteiger charge is 2.32. The standard InChI is InChI=1S/C22H24N2O5/c25-18-11-12-19(23-21(26)28-14-16-7-3-1-4-8-16)20(13-18)24-22(27)29-15-17-9-5-2-6-10-17/h1-10,19-20H,11-15H2,(H,23,26)(H,24,27)/t19-,20-/m0/s1. The lowest BCUT2D eigenvalue weighted by Gasteiger charge is -2.31. The van der Waals surface area contributed by atoms with Crippen molar-refractivity contribution in [1.29, 1.82) is 0 Å². The molecule has 2 aromatic rings. The van der Waals surface area contributed by atoms with Crippen molar-refractivity contribution >= 4 is 18.0 Å². The predicted octanol–water partition coefficient (Wildman–Crippen LogP) is 3.33. The first kappa shape index (κ1) is 20.4. The van der Waals surface area contributed by atoms with Gasteiger partial charge in [0.2, 0.25) is 0 Å². The van der Waals surface area contributed by atoms with Crippen molar-refractivity contribution in [1.82, 2.24) is 10.6 Å². The molecule has 2 amide bonds. The molecule has 0 heterocycles. The summed E-state index contributed by atoms with van der Waals surface area (Å²) in [4.78, 5) is 36.1. The summed E-state index contributed by atoms with van der Waals surface area (Å²) < 4.78 is 10.5. The fourth-order valence-electron chi connectivity index (χ4n) is 3.16. The molecule has 0 radical (unpaired) electrons. The molecule has 7 nitrogen and oxygen atoms in total. The normalized spacial score (nSPS) is 18.6. The van der Waals surface area contributed by atoms with Crippen LogP contribution in [0, 0.1) is 0 Å². The first-order chi connectivity index (χ1) is 14.1. The minimum absolute atomic E-state index is 0.0362. The van der Waals surface area contributed by atoms with Gasteiger partial charge in [0.05, 0.1) is 12.1 Å². The summed E-state index contributed by atoms with van der Waals surface area (Å²) in [5.41, 5.74) is 1.74. The van der Waals surface area contributed by atoms with Crippen LogP contribution in [0.25, 0.3) is 0 Å². The predicted molar refractivity (Wildman–Crippen MR) is 106 cm³/mol. The van der Waals surface area contributed by atoms with Crippen LogP contribution in [-0.2, 0) is 27.5 Å². The Kier molecular flexibility index (Phi) is 7.22. The number of rotatable bonds is 6. The molecule has 2 aromatic carbocycles. The molecule has 1 saturated carbocycles. The Morgan fingerprint density at radius 1 is 0.793 bits per heavy atom. The molecule has 0 saturated heterocycles. The second kappa shape index (κ2) is 10.3. The van der Waals surface area contributed by atoms with Crippen molar-refractivity contribution in [2.45, 2.75) is 44.6 Å². The van der Waals surface area contributed by atoms with Crippen molar-refractivity contribution in [2.75, 3.05) is 0 Å². The fraction of sp³-hybridized carbons (Fsp3) is 0.318. The minimum atomic E-state index is -0.627. The lowest BCUT2D eigenvalue weighted by molar-refractivity contribution is -0.121. The summed E-state index contributed by atoms with van der Waals surface area (Å²) in [6, 6.07) is 17.7. The van der Waals surface area contributed by atoms with Crippen molar-refractivity contribution in [3.63, 3.8) is 0 Å². The van der Waals surface area contributed by atoms with Crippen LogP contribution in [-0.4, -0.2) is 30.1 Å². The van der Waals surface area contributed by atoms with E-state index in [0.717, 1.165) is 11.1 Å². The molecule has 2 atom stereocenters. The zero-order valence-electron chi connectivity index (χ0n) is 16.0. The van der Waals surface area contributed by atoms with Crippen molar-refractivity contribution in [2.24, 2.45) is 0 Å². The summed E-state index contributed by atoms with van der Waals surface area (Å²) >= 11 is 0. The van der Waals surface area contributed by atoms with Gasteiger partial charge in [-0.3, -0.25) is 4.79 Å². The summed E-state index contributed by atoms with van der Waals surface area (Å²) in [6.45, 7) is 0.278. The van der Waals surface area contributed by atoms with E-state index in [0.29, 0.717) is 12.8 Å². The topological polar surface area (TPSA) is 93.7 Å². The summed E-state index contributed by atoms with van der Waals surface area (Å²) in [5, 5.41) is 5.45. The number of ketones is 1. The molecule has 0 bridgehead atoms. The van der Waals surface area contributed by atoms with Gasteiger partial charge in [-0.2, -0.15) is 0 Å². The molecule has 29 heavy (non-hydrogen) atoms. The Labute approximate surface area is 169 Å². The van der Waals surface area contributed by atoms with Gasteiger partial charge in [-0.1, -0.05) is 60.7 Å². The van der Waals surface area contributed by atoms with Gasteiger partial charge in [-0.15, -0.1) is 0 Å². The number of Topliss-reactive ketones (excluding diaryl/α,β-unsaturated/α-hetero) is 1. The molecule has 0 aliphatic heterocycles. The van der Waals surface area contributed by atoms with Crippen LogP contribution < -0.4 is 10.6 Å². The molecule has 0 spiro atoms. The third kappa shape index (κ3) is 6.64. The van der Waals surface area contributed by atoms with E-state index >= 15 is 0 Å². The van der Waals surface area contributed by atoms with Gasteiger partial charge in [-0.25, -0.2) is 9.59 Å². The highest BCUT2D eigenvalue weighted by Crippen LogP contribution is 2.17. The fourth-order valence-corrected chi connectivity index (χ4v) is 3.16. The van der Waals surface area contributed by atoms with Crippen LogP contribution in [0.2, 0.25) is 0 Å². The minimum Gasteiger partial charge on any atom is -0.445 e. The van der Waals surface area contributed by atoms with E-state index in [4.69, 9.17) is 9.47 Å². The average Bonchev–Trinajstić information content (AvgIpc) is 2.74. The van der Waals surface area contributed by atoms with Crippen LogP contribution in [0.5, 0.6) is 0 Å². The summed E-state index contributed by atoms with van der Waals surface area (Å²) in [5.74, 6) is 0.0362. The first-order valence-electron chi connectivity index (χ1n) is 9.56. The number of amides is 2. The van der Waals surface area contributed by atoms with E-state index in [2.05, 4.69) is 10.6 Å². The van der Waals surface area contributed by atoms with Crippen LogP contribution >= 0.6 is 0 Å². The number of ether oxygens (including phenoxy) is 2. The number of carbonyl (C=O) groups is 3. The Morgan fingerprint density at radius 2 is 1.28 bits per heavy atom. The van der Waals surface area contributed by atoms with Crippen molar-refractivity contribution < 1.29 is 23.9 Å². The van der Waals surface area contributed by atoms with Crippen LogP contribution in [0.3, 0.4) is 0 Å². The Balaban J connectivity index is 1.49. The highest BCUT2D eigenvalue weighted by atomic mass is 16.6.